The van der Waals surface area contributed by atoms with Crippen LogP contribution >= 0.6 is 11.8 Å². The molecule has 6 nitrogen and oxygen atoms in total. The fourth-order valence-electron chi connectivity index (χ4n) is 2.59. The van der Waals surface area contributed by atoms with Gasteiger partial charge in [0.2, 0.25) is 5.91 Å². The van der Waals surface area contributed by atoms with Crippen LogP contribution in [0.25, 0.3) is 5.69 Å². The minimum Gasteiger partial charge on any atom is -0.326 e. The van der Waals surface area contributed by atoms with E-state index >= 15 is 0 Å². The van der Waals surface area contributed by atoms with Gasteiger partial charge in [0, 0.05) is 15.8 Å². The molecule has 1 heterocycles. The molecule has 1 unspecified atom stereocenters. The lowest BCUT2D eigenvalue weighted by molar-refractivity contribution is -0.115. The van der Waals surface area contributed by atoms with E-state index in [1.54, 1.807) is 4.68 Å². The van der Waals surface area contributed by atoms with Crippen LogP contribution in [0.1, 0.15) is 31.4 Å². The molecule has 0 saturated carbocycles. The van der Waals surface area contributed by atoms with Crippen LogP contribution in [-0.4, -0.2) is 31.4 Å². The van der Waals surface area contributed by atoms with Gasteiger partial charge in [-0.05, 0) is 65.2 Å². The summed E-state index contributed by atoms with van der Waals surface area (Å²) in [6.07, 6.45) is 2.99. The first-order valence-corrected chi connectivity index (χ1v) is 9.82. The van der Waals surface area contributed by atoms with E-state index in [0.717, 1.165) is 28.9 Å². The largest absolute Gasteiger partial charge is 0.326 e. The van der Waals surface area contributed by atoms with Crippen molar-refractivity contribution in [2.75, 3.05) is 5.32 Å². The maximum atomic E-state index is 12.4. The number of nitrogens with zero attached hydrogens (tertiary/aromatic N) is 4. The standard InChI is InChI=1S/C20H23N5OS/c1-4-15(3)27-18-9-10-19(14(2)11-18)22-20(26)12-16-5-7-17(8-6-16)25-13-21-23-24-25/h5-11,13,15H,4,12H2,1-3H3,(H,22,26). The van der Waals surface area contributed by atoms with E-state index in [4.69, 9.17) is 0 Å². The number of carbonyl (C=O) groups is 1. The van der Waals surface area contributed by atoms with Crippen molar-refractivity contribution >= 4 is 23.4 Å². The average molecular weight is 382 g/mol. The van der Waals surface area contributed by atoms with Gasteiger partial charge in [-0.15, -0.1) is 16.9 Å². The van der Waals surface area contributed by atoms with Crippen molar-refractivity contribution in [1.82, 2.24) is 20.2 Å². The van der Waals surface area contributed by atoms with Crippen molar-refractivity contribution in [2.45, 2.75) is 43.8 Å². The molecule has 1 aromatic heterocycles. The lowest BCUT2D eigenvalue weighted by atomic mass is 10.1. The number of thioether (sulfide) groups is 1. The van der Waals surface area contributed by atoms with Crippen LogP contribution in [0, 0.1) is 6.92 Å². The molecule has 1 N–H and O–H groups in total. The van der Waals surface area contributed by atoms with E-state index in [2.05, 4.69) is 46.8 Å². The normalized spacial score (nSPS) is 12.0. The maximum absolute atomic E-state index is 12.4. The van der Waals surface area contributed by atoms with E-state index in [1.165, 1.54) is 11.2 Å². The fraction of sp³-hybridized carbons (Fsp3) is 0.300. The van der Waals surface area contributed by atoms with Gasteiger partial charge >= 0.3 is 0 Å². The van der Waals surface area contributed by atoms with Gasteiger partial charge in [0.25, 0.3) is 0 Å². The lowest BCUT2D eigenvalue weighted by Gasteiger charge is -2.12. The zero-order valence-corrected chi connectivity index (χ0v) is 16.5. The summed E-state index contributed by atoms with van der Waals surface area (Å²) in [6, 6.07) is 13.8. The summed E-state index contributed by atoms with van der Waals surface area (Å²) in [7, 11) is 0. The van der Waals surface area contributed by atoms with Crippen LogP contribution < -0.4 is 5.32 Å². The highest BCUT2D eigenvalue weighted by atomic mass is 32.2. The highest BCUT2D eigenvalue weighted by Crippen LogP contribution is 2.28. The first-order valence-electron chi connectivity index (χ1n) is 8.94. The Hall–Kier alpha value is -2.67. The number of anilines is 1. The molecule has 0 aliphatic carbocycles. The van der Waals surface area contributed by atoms with Crippen molar-refractivity contribution in [1.29, 1.82) is 0 Å². The van der Waals surface area contributed by atoms with E-state index in [9.17, 15) is 4.79 Å². The van der Waals surface area contributed by atoms with Crippen molar-refractivity contribution in [2.24, 2.45) is 0 Å². The van der Waals surface area contributed by atoms with Gasteiger partial charge in [-0.2, -0.15) is 0 Å². The third-order valence-electron chi connectivity index (χ3n) is 4.30. The quantitative estimate of drug-likeness (QED) is 0.625. The van der Waals surface area contributed by atoms with Crippen LogP contribution in [0.5, 0.6) is 0 Å². The minimum atomic E-state index is -0.0319. The van der Waals surface area contributed by atoms with Gasteiger partial charge < -0.3 is 5.32 Å². The smallest absolute Gasteiger partial charge is 0.228 e. The Kier molecular flexibility index (Phi) is 6.24. The van der Waals surface area contributed by atoms with Crippen LogP contribution in [-0.2, 0) is 11.2 Å². The van der Waals surface area contributed by atoms with Gasteiger partial charge in [0.1, 0.15) is 6.33 Å². The summed E-state index contributed by atoms with van der Waals surface area (Å²) >= 11 is 1.86. The average Bonchev–Trinajstić information content (AvgIpc) is 3.19. The minimum absolute atomic E-state index is 0.0319. The van der Waals surface area contributed by atoms with Gasteiger partial charge in [-0.3, -0.25) is 4.79 Å². The number of hydrogen-bond acceptors (Lipinski definition) is 5. The Labute approximate surface area is 163 Å². The topological polar surface area (TPSA) is 72.7 Å². The van der Waals surface area contributed by atoms with Gasteiger partial charge in [-0.1, -0.05) is 26.0 Å². The Morgan fingerprint density at radius 2 is 2.00 bits per heavy atom. The Balaban J connectivity index is 1.60. The van der Waals surface area contributed by atoms with Crippen LogP contribution in [0.3, 0.4) is 0 Å². The molecule has 0 fully saturated rings. The number of carbonyl (C=O) groups excluding carboxylic acids is 1. The summed E-state index contributed by atoms with van der Waals surface area (Å²) in [5.74, 6) is -0.0319. The molecule has 1 amide bonds. The monoisotopic (exact) mass is 381 g/mol. The molecule has 0 spiro atoms. The molecule has 140 valence electrons. The number of aromatic nitrogens is 4. The third-order valence-corrected chi connectivity index (χ3v) is 5.56. The maximum Gasteiger partial charge on any atom is 0.228 e. The molecule has 0 bridgehead atoms. The lowest BCUT2D eigenvalue weighted by Crippen LogP contribution is -2.15. The molecule has 3 rings (SSSR count). The summed E-state index contributed by atoms with van der Waals surface area (Å²) in [4.78, 5) is 13.6. The summed E-state index contributed by atoms with van der Waals surface area (Å²) in [5.41, 5.74) is 3.73. The summed E-state index contributed by atoms with van der Waals surface area (Å²) in [5, 5.41) is 14.7. The Morgan fingerprint density at radius 3 is 2.63 bits per heavy atom. The number of aryl methyl sites for hydroxylation is 1. The molecule has 0 aliphatic heterocycles. The second-order valence-corrected chi connectivity index (χ2v) is 7.97. The molecule has 3 aromatic rings. The predicted octanol–water partition coefficient (Wildman–Crippen LogP) is 4.04. The number of tetrazole rings is 1. The molecule has 27 heavy (non-hydrogen) atoms. The SMILES string of the molecule is CCC(C)Sc1ccc(NC(=O)Cc2ccc(-n3cnnn3)cc2)c(C)c1. The molecular weight excluding hydrogens is 358 g/mol. The molecule has 0 radical (unpaired) electrons. The second kappa shape index (κ2) is 8.81. The highest BCUT2D eigenvalue weighted by molar-refractivity contribution is 7.99. The van der Waals surface area contributed by atoms with Crippen molar-refractivity contribution in [3.63, 3.8) is 0 Å². The van der Waals surface area contributed by atoms with Crippen LogP contribution in [0.4, 0.5) is 5.69 Å². The Bertz CT molecular complexity index is 893. The van der Waals surface area contributed by atoms with E-state index in [0.29, 0.717) is 11.7 Å². The van der Waals surface area contributed by atoms with E-state index in [-0.39, 0.29) is 5.91 Å². The van der Waals surface area contributed by atoms with Crippen LogP contribution in [0.15, 0.2) is 53.7 Å². The molecular formula is C20H23N5OS. The predicted molar refractivity (Wildman–Crippen MR) is 108 cm³/mol. The van der Waals surface area contributed by atoms with Gasteiger partial charge in [0.05, 0.1) is 12.1 Å². The van der Waals surface area contributed by atoms with Crippen molar-refractivity contribution in [3.05, 3.63) is 59.9 Å². The zero-order chi connectivity index (χ0) is 19.2. The molecule has 1 atom stereocenters. The zero-order valence-electron chi connectivity index (χ0n) is 15.7. The van der Waals surface area contributed by atoms with E-state index < -0.39 is 0 Å². The number of rotatable bonds is 7. The number of amides is 1. The fourth-order valence-corrected chi connectivity index (χ4v) is 3.61. The Morgan fingerprint density at radius 1 is 1.22 bits per heavy atom. The molecule has 2 aromatic carbocycles. The molecule has 7 heteroatoms. The third kappa shape index (κ3) is 5.17. The van der Waals surface area contributed by atoms with Crippen molar-refractivity contribution < 1.29 is 4.79 Å². The molecule has 0 saturated heterocycles. The van der Waals surface area contributed by atoms with Gasteiger partial charge in [-0.25, -0.2) is 4.68 Å². The highest BCUT2D eigenvalue weighted by Gasteiger charge is 2.09. The first kappa shape index (κ1) is 19.1. The van der Waals surface area contributed by atoms with Crippen LogP contribution in [0.2, 0.25) is 0 Å². The second-order valence-electron chi connectivity index (χ2n) is 6.46. The van der Waals surface area contributed by atoms with Gasteiger partial charge in [0.15, 0.2) is 0 Å². The number of hydrogen-bond donors (Lipinski definition) is 1. The molecule has 0 aliphatic rings. The first-order chi connectivity index (χ1) is 13.0. The number of nitrogens with one attached hydrogen (secondary N) is 1. The van der Waals surface area contributed by atoms with E-state index in [1.807, 2.05) is 49.0 Å². The summed E-state index contributed by atoms with van der Waals surface area (Å²) < 4.78 is 1.58. The van der Waals surface area contributed by atoms with Crippen molar-refractivity contribution in [3.8, 4) is 5.69 Å². The summed E-state index contributed by atoms with van der Waals surface area (Å²) in [6.45, 7) is 6.44. The number of benzene rings is 2.